The van der Waals surface area contributed by atoms with Crippen LogP contribution < -0.4 is 0 Å². The summed E-state index contributed by atoms with van der Waals surface area (Å²) in [7, 11) is -2.65. The molecule has 0 amide bonds. The number of rotatable bonds is 2. The second-order valence-electron chi connectivity index (χ2n) is 1.93. The van der Waals surface area contributed by atoms with Crippen molar-refractivity contribution in [1.29, 1.82) is 0 Å². The van der Waals surface area contributed by atoms with Gasteiger partial charge in [0.1, 0.15) is 0 Å². The summed E-state index contributed by atoms with van der Waals surface area (Å²) in [5.41, 5.74) is 0.212. The number of thiol groups is 1. The average molecular weight is 194 g/mol. The molecule has 3 nitrogen and oxygen atoms in total. The van der Waals surface area contributed by atoms with Crippen LogP contribution in [0.1, 0.15) is 10.4 Å². The van der Waals surface area contributed by atoms with Crippen LogP contribution in [-0.4, -0.2) is 44.3 Å². The number of aldehydes is 1. The van der Waals surface area contributed by atoms with E-state index in [0.717, 1.165) is 0 Å². The zero-order valence-corrected chi connectivity index (χ0v) is 6.45. The Morgan fingerprint density at radius 1 is 1.17 bits per heavy atom. The number of hydrogen-bond donors (Lipinski definition) is 1. The van der Waals surface area contributed by atoms with Gasteiger partial charge in [0.25, 0.3) is 0 Å². The quantitative estimate of drug-likeness (QED) is 0.403. The van der Waals surface area contributed by atoms with E-state index in [2.05, 4.69) is 0 Å². The van der Waals surface area contributed by atoms with E-state index in [1.54, 1.807) is 12.1 Å². The van der Waals surface area contributed by atoms with Crippen LogP contribution in [0, 0.1) is 0 Å². The topological polar surface area (TPSA) is 51.2 Å². The van der Waals surface area contributed by atoms with E-state index in [1.165, 1.54) is 12.1 Å². The van der Waals surface area contributed by atoms with Gasteiger partial charge in [0.2, 0.25) is 0 Å². The van der Waals surface area contributed by atoms with Crippen LogP contribution in [0.15, 0.2) is 29.2 Å². The molecule has 0 heterocycles. The van der Waals surface area contributed by atoms with Crippen molar-refractivity contribution in [3.63, 3.8) is 0 Å². The van der Waals surface area contributed by atoms with Crippen LogP contribution >= 0.6 is 0 Å². The van der Waals surface area contributed by atoms with Gasteiger partial charge < -0.3 is 0 Å². The molecule has 0 aliphatic heterocycles. The first-order chi connectivity index (χ1) is 5.25. The Balaban J connectivity index is 0.00000121. The van der Waals surface area contributed by atoms with Gasteiger partial charge in [0.15, 0.2) is 17.0 Å². The summed E-state index contributed by atoms with van der Waals surface area (Å²) < 4.78 is 20.9. The molecule has 1 aromatic carbocycles. The van der Waals surface area contributed by atoms with Gasteiger partial charge >= 0.3 is 29.6 Å². The van der Waals surface area contributed by atoms with Gasteiger partial charge in [-0.3, -0.25) is 4.79 Å². The van der Waals surface area contributed by atoms with Crippen molar-refractivity contribution < 1.29 is 13.2 Å². The van der Waals surface area contributed by atoms with Crippen molar-refractivity contribution in [2.45, 2.75) is 4.90 Å². The Morgan fingerprint density at radius 2 is 1.75 bits per heavy atom. The molecule has 0 fully saturated rings. The molecule has 0 radical (unpaired) electrons. The Labute approximate surface area is 94.0 Å². The monoisotopic (exact) mass is 194 g/mol. The minimum absolute atomic E-state index is 0. The first kappa shape index (κ1) is 11.8. The Morgan fingerprint density at radius 3 is 2.17 bits per heavy atom. The molecule has 0 N–H and O–H groups in total. The van der Waals surface area contributed by atoms with Crippen molar-refractivity contribution in [2.24, 2.45) is 0 Å². The molecular formula is C7H7NaO3S. The zero-order valence-electron chi connectivity index (χ0n) is 5.56. The molecule has 60 valence electrons. The van der Waals surface area contributed by atoms with E-state index < -0.39 is 10.7 Å². The van der Waals surface area contributed by atoms with E-state index in [1.807, 2.05) is 0 Å². The summed E-state index contributed by atoms with van der Waals surface area (Å²) in [6, 6.07) is 6.06. The Bertz CT molecular complexity index is 338. The second-order valence-corrected chi connectivity index (χ2v) is 2.93. The maximum atomic E-state index is 10.5. The molecule has 0 saturated carbocycles. The van der Waals surface area contributed by atoms with Gasteiger partial charge in [-0.1, -0.05) is 18.2 Å². The summed E-state index contributed by atoms with van der Waals surface area (Å²) in [4.78, 5) is 10.3. The Kier molecular flexibility index (Phi) is 5.41. The third-order valence-electron chi connectivity index (χ3n) is 1.26. The van der Waals surface area contributed by atoms with Gasteiger partial charge in [-0.25, -0.2) is 8.42 Å². The van der Waals surface area contributed by atoms with Crippen LogP contribution in [0.5, 0.6) is 0 Å². The predicted molar refractivity (Wildman–Crippen MR) is 47.6 cm³/mol. The first-order valence-electron chi connectivity index (χ1n) is 2.94. The second kappa shape index (κ2) is 5.48. The van der Waals surface area contributed by atoms with Crippen molar-refractivity contribution in [1.82, 2.24) is 0 Å². The fourth-order valence-corrected chi connectivity index (χ4v) is 1.30. The Hall–Kier alpha value is -0.160. The molecule has 1 rings (SSSR count). The minimum atomic E-state index is -2.65. The van der Waals surface area contributed by atoms with Crippen molar-refractivity contribution in [3.8, 4) is 0 Å². The molecule has 5 heteroatoms. The van der Waals surface area contributed by atoms with E-state index in [9.17, 15) is 13.2 Å². The number of carbonyl (C=O) groups is 1. The van der Waals surface area contributed by atoms with Gasteiger partial charge in [0, 0.05) is 5.56 Å². The van der Waals surface area contributed by atoms with Crippen LogP contribution in [0.25, 0.3) is 0 Å². The summed E-state index contributed by atoms with van der Waals surface area (Å²) in [6.45, 7) is 0. The van der Waals surface area contributed by atoms with Gasteiger partial charge in [-0.2, -0.15) is 0 Å². The van der Waals surface area contributed by atoms with Crippen LogP contribution in [-0.2, 0) is 10.7 Å². The summed E-state index contributed by atoms with van der Waals surface area (Å²) in [5, 5.41) is 0. The van der Waals surface area contributed by atoms with Crippen molar-refractivity contribution in [2.75, 3.05) is 0 Å². The van der Waals surface area contributed by atoms with E-state index in [4.69, 9.17) is 0 Å². The third kappa shape index (κ3) is 2.71. The van der Waals surface area contributed by atoms with Gasteiger partial charge in [-0.05, 0) is 6.07 Å². The van der Waals surface area contributed by atoms with E-state index in [0.29, 0.717) is 6.29 Å². The number of benzene rings is 1. The fraction of sp³-hybridized carbons (Fsp3) is 0. The molecular weight excluding hydrogens is 187 g/mol. The van der Waals surface area contributed by atoms with E-state index in [-0.39, 0.29) is 40.0 Å². The molecule has 0 unspecified atom stereocenters. The molecule has 0 aromatic heterocycles. The van der Waals surface area contributed by atoms with Crippen LogP contribution in [0.3, 0.4) is 0 Å². The molecule has 0 aliphatic rings. The number of carbonyl (C=O) groups excluding carboxylic acids is 1. The van der Waals surface area contributed by atoms with Crippen LogP contribution in [0.4, 0.5) is 0 Å². The standard InChI is InChI=1S/C7H6O3S.Na.H/c8-5-6-3-1-2-4-7(6)11(9)10;;/h1-5,11H;;. The number of hydrogen-bond acceptors (Lipinski definition) is 3. The normalized spacial score (nSPS) is 9.08. The maximum absolute atomic E-state index is 10.5. The summed E-state index contributed by atoms with van der Waals surface area (Å²) >= 11 is 0. The molecule has 0 saturated heterocycles. The molecule has 12 heavy (non-hydrogen) atoms. The summed E-state index contributed by atoms with van der Waals surface area (Å²) in [6.07, 6.45) is 0.528. The third-order valence-corrected chi connectivity index (χ3v) is 2.06. The average Bonchev–Trinajstić information content (AvgIpc) is 2.04. The zero-order chi connectivity index (χ0) is 8.27. The molecule has 1 aromatic rings. The molecule has 0 spiro atoms. The van der Waals surface area contributed by atoms with Crippen LogP contribution in [0.2, 0.25) is 0 Å². The molecule has 0 bridgehead atoms. The molecule has 0 aliphatic carbocycles. The van der Waals surface area contributed by atoms with Gasteiger partial charge in [-0.15, -0.1) is 0 Å². The first-order valence-corrected chi connectivity index (χ1v) is 4.12. The predicted octanol–water partition coefficient (Wildman–Crippen LogP) is -0.179. The van der Waals surface area contributed by atoms with Gasteiger partial charge in [0.05, 0.1) is 4.90 Å². The summed E-state index contributed by atoms with van der Waals surface area (Å²) in [5.74, 6) is 0. The molecule has 0 atom stereocenters. The van der Waals surface area contributed by atoms with E-state index >= 15 is 0 Å². The van der Waals surface area contributed by atoms with Crippen molar-refractivity contribution in [3.05, 3.63) is 29.8 Å². The fourth-order valence-electron chi connectivity index (χ4n) is 0.753. The SMILES string of the molecule is O=Cc1ccccc1[SH](=O)=O.[NaH]. The van der Waals surface area contributed by atoms with Crippen molar-refractivity contribution >= 4 is 46.5 Å².